The summed E-state index contributed by atoms with van der Waals surface area (Å²) in [4.78, 5) is 4.04. The van der Waals surface area contributed by atoms with E-state index in [1.54, 1.807) is 6.20 Å². The third-order valence-electron chi connectivity index (χ3n) is 3.47. The van der Waals surface area contributed by atoms with Gasteiger partial charge in [0.05, 0.1) is 5.02 Å². The highest BCUT2D eigenvalue weighted by molar-refractivity contribution is 6.31. The molecular weight excluding hydrogens is 256 g/mol. The van der Waals surface area contributed by atoms with Crippen LogP contribution in [0.4, 0.5) is 0 Å². The third-order valence-corrected chi connectivity index (χ3v) is 3.81. The summed E-state index contributed by atoms with van der Waals surface area (Å²) in [6.45, 7) is 5.44. The van der Waals surface area contributed by atoms with Crippen molar-refractivity contribution in [1.29, 1.82) is 0 Å². The summed E-state index contributed by atoms with van der Waals surface area (Å²) in [6.07, 6.45) is 12.5. The van der Waals surface area contributed by atoms with Gasteiger partial charge in [-0.2, -0.15) is 0 Å². The van der Waals surface area contributed by atoms with Crippen LogP contribution in [0.5, 0.6) is 0 Å². The zero-order chi connectivity index (χ0) is 13.9. The van der Waals surface area contributed by atoms with Crippen molar-refractivity contribution in [3.8, 4) is 0 Å². The molecule has 1 unspecified atom stereocenters. The molecule has 1 aromatic rings. The first kappa shape index (κ1) is 16.5. The molecule has 108 valence electrons. The Labute approximate surface area is 123 Å². The normalized spacial score (nSPS) is 12.6. The molecule has 0 aromatic carbocycles. The molecule has 0 fully saturated rings. The second kappa shape index (κ2) is 10.2. The number of unbranched alkanes of at least 4 members (excludes halogenated alkanes) is 4. The molecule has 0 amide bonds. The molecule has 1 aromatic heterocycles. The van der Waals surface area contributed by atoms with Gasteiger partial charge in [0.2, 0.25) is 0 Å². The Morgan fingerprint density at radius 1 is 1.21 bits per heavy atom. The second-order valence-corrected chi connectivity index (χ2v) is 5.54. The Morgan fingerprint density at radius 3 is 2.68 bits per heavy atom. The number of rotatable bonds is 10. The average molecular weight is 283 g/mol. The summed E-state index contributed by atoms with van der Waals surface area (Å²) < 4.78 is 0. The Bertz CT molecular complexity index is 341. The molecule has 1 N–H and O–H groups in total. The van der Waals surface area contributed by atoms with Crippen molar-refractivity contribution in [3.63, 3.8) is 0 Å². The summed E-state index contributed by atoms with van der Waals surface area (Å²) in [5, 5.41) is 4.36. The zero-order valence-corrected chi connectivity index (χ0v) is 13.0. The van der Waals surface area contributed by atoms with Gasteiger partial charge in [-0.25, -0.2) is 0 Å². The highest BCUT2D eigenvalue weighted by Gasteiger charge is 2.10. The van der Waals surface area contributed by atoms with Gasteiger partial charge in [-0.3, -0.25) is 4.98 Å². The van der Waals surface area contributed by atoms with E-state index in [2.05, 4.69) is 24.1 Å². The van der Waals surface area contributed by atoms with E-state index in [4.69, 9.17) is 11.6 Å². The van der Waals surface area contributed by atoms with Crippen molar-refractivity contribution in [1.82, 2.24) is 10.3 Å². The predicted molar refractivity (Wildman–Crippen MR) is 83.8 cm³/mol. The molecule has 0 aliphatic heterocycles. The first-order chi connectivity index (χ1) is 9.27. The molecule has 3 heteroatoms. The predicted octanol–water partition coefficient (Wildman–Crippen LogP) is 4.62. The summed E-state index contributed by atoms with van der Waals surface area (Å²) in [7, 11) is 0. The number of halogens is 1. The number of hydrogen-bond donors (Lipinski definition) is 1. The van der Waals surface area contributed by atoms with Gasteiger partial charge in [0.25, 0.3) is 0 Å². The van der Waals surface area contributed by atoms with E-state index in [9.17, 15) is 0 Å². The largest absolute Gasteiger partial charge is 0.314 e. The maximum absolute atomic E-state index is 6.18. The van der Waals surface area contributed by atoms with E-state index in [0.717, 1.165) is 18.0 Å². The number of likely N-dealkylation sites (N-methyl/N-ethyl adjacent to an activating group) is 1. The number of aromatic nitrogens is 1. The van der Waals surface area contributed by atoms with Crippen LogP contribution >= 0.6 is 11.6 Å². The summed E-state index contributed by atoms with van der Waals surface area (Å²) in [6, 6.07) is 2.57. The third kappa shape index (κ3) is 6.93. The van der Waals surface area contributed by atoms with Crippen LogP contribution in [-0.4, -0.2) is 17.6 Å². The molecule has 0 aliphatic carbocycles. The molecule has 19 heavy (non-hydrogen) atoms. The monoisotopic (exact) mass is 282 g/mol. The fourth-order valence-electron chi connectivity index (χ4n) is 2.39. The topological polar surface area (TPSA) is 24.9 Å². The van der Waals surface area contributed by atoms with E-state index >= 15 is 0 Å². The molecule has 0 spiro atoms. The molecule has 0 aliphatic rings. The quantitative estimate of drug-likeness (QED) is 0.634. The van der Waals surface area contributed by atoms with Crippen LogP contribution in [0.3, 0.4) is 0 Å². The van der Waals surface area contributed by atoms with Crippen LogP contribution in [-0.2, 0) is 6.42 Å². The van der Waals surface area contributed by atoms with Crippen LogP contribution in [0.2, 0.25) is 5.02 Å². The van der Waals surface area contributed by atoms with Crippen molar-refractivity contribution in [2.75, 3.05) is 6.54 Å². The maximum Gasteiger partial charge on any atom is 0.0621 e. The highest BCUT2D eigenvalue weighted by Crippen LogP contribution is 2.17. The Kier molecular flexibility index (Phi) is 8.85. The minimum Gasteiger partial charge on any atom is -0.314 e. The van der Waals surface area contributed by atoms with E-state index in [1.807, 2.05) is 12.3 Å². The van der Waals surface area contributed by atoms with Crippen LogP contribution in [0.15, 0.2) is 18.5 Å². The van der Waals surface area contributed by atoms with Crippen molar-refractivity contribution >= 4 is 11.6 Å². The number of nitrogens with one attached hydrogen (secondary N) is 1. The molecule has 2 nitrogen and oxygen atoms in total. The highest BCUT2D eigenvalue weighted by atomic mass is 35.5. The Hall–Kier alpha value is -0.600. The zero-order valence-electron chi connectivity index (χ0n) is 12.3. The average Bonchev–Trinajstić information content (AvgIpc) is 2.41. The molecule has 1 heterocycles. The SMILES string of the molecule is CCCCCCCC(Cc1ccncc1Cl)NCC. The number of nitrogens with zero attached hydrogens (tertiary/aromatic N) is 1. The van der Waals surface area contributed by atoms with Gasteiger partial charge in [-0.15, -0.1) is 0 Å². The first-order valence-electron chi connectivity index (χ1n) is 7.59. The minimum absolute atomic E-state index is 0.534. The van der Waals surface area contributed by atoms with Gasteiger partial charge in [0.15, 0.2) is 0 Å². The van der Waals surface area contributed by atoms with Crippen LogP contribution < -0.4 is 5.32 Å². The van der Waals surface area contributed by atoms with Gasteiger partial charge < -0.3 is 5.32 Å². The van der Waals surface area contributed by atoms with Gasteiger partial charge in [0.1, 0.15) is 0 Å². The fraction of sp³-hybridized carbons (Fsp3) is 0.688. The van der Waals surface area contributed by atoms with Crippen LogP contribution in [0, 0.1) is 0 Å². The van der Waals surface area contributed by atoms with Crippen molar-refractivity contribution < 1.29 is 0 Å². The van der Waals surface area contributed by atoms with Crippen molar-refractivity contribution in [3.05, 3.63) is 29.0 Å². The summed E-state index contributed by atoms with van der Waals surface area (Å²) in [5.41, 5.74) is 1.20. The van der Waals surface area contributed by atoms with Crippen LogP contribution in [0.25, 0.3) is 0 Å². The van der Waals surface area contributed by atoms with E-state index in [1.165, 1.54) is 44.1 Å². The lowest BCUT2D eigenvalue weighted by Crippen LogP contribution is -2.31. The second-order valence-electron chi connectivity index (χ2n) is 5.13. The molecule has 0 saturated carbocycles. The van der Waals surface area contributed by atoms with E-state index < -0.39 is 0 Å². The lowest BCUT2D eigenvalue weighted by molar-refractivity contribution is 0.461. The molecule has 1 atom stereocenters. The Balaban J connectivity index is 2.37. The molecular formula is C16H27ClN2. The van der Waals surface area contributed by atoms with Crippen molar-refractivity contribution in [2.24, 2.45) is 0 Å². The molecule has 1 rings (SSSR count). The van der Waals surface area contributed by atoms with Gasteiger partial charge in [-0.1, -0.05) is 57.6 Å². The minimum atomic E-state index is 0.534. The number of pyridine rings is 1. The lowest BCUT2D eigenvalue weighted by atomic mass is 10.0. The molecule has 0 radical (unpaired) electrons. The summed E-state index contributed by atoms with van der Waals surface area (Å²) >= 11 is 6.18. The lowest BCUT2D eigenvalue weighted by Gasteiger charge is -2.18. The van der Waals surface area contributed by atoms with Crippen LogP contribution in [0.1, 0.15) is 57.9 Å². The molecule has 0 saturated heterocycles. The van der Waals surface area contributed by atoms with Gasteiger partial charge in [0, 0.05) is 18.4 Å². The maximum atomic E-state index is 6.18. The van der Waals surface area contributed by atoms with E-state index in [0.29, 0.717) is 6.04 Å². The standard InChI is InChI=1S/C16H27ClN2/c1-3-5-6-7-8-9-15(19-4-2)12-14-10-11-18-13-16(14)17/h10-11,13,15,19H,3-9,12H2,1-2H3. The fourth-order valence-corrected chi connectivity index (χ4v) is 2.59. The van der Waals surface area contributed by atoms with Crippen molar-refractivity contribution in [2.45, 2.75) is 64.8 Å². The Morgan fingerprint density at radius 2 is 2.00 bits per heavy atom. The van der Waals surface area contributed by atoms with Gasteiger partial charge in [-0.05, 0) is 31.0 Å². The number of hydrogen-bond acceptors (Lipinski definition) is 2. The van der Waals surface area contributed by atoms with E-state index in [-0.39, 0.29) is 0 Å². The smallest absolute Gasteiger partial charge is 0.0621 e. The summed E-state index contributed by atoms with van der Waals surface area (Å²) in [5.74, 6) is 0. The molecule has 0 bridgehead atoms. The van der Waals surface area contributed by atoms with Gasteiger partial charge >= 0.3 is 0 Å². The first-order valence-corrected chi connectivity index (χ1v) is 7.97.